The maximum absolute atomic E-state index is 12.4. The van der Waals surface area contributed by atoms with E-state index in [9.17, 15) is 13.2 Å². The Bertz CT molecular complexity index is 661. The van der Waals surface area contributed by atoms with Crippen molar-refractivity contribution in [3.63, 3.8) is 0 Å². The number of hydrogen-bond acceptors (Lipinski definition) is 3. The highest BCUT2D eigenvalue weighted by atomic mass is 35.5. The molecule has 1 atom stereocenters. The summed E-state index contributed by atoms with van der Waals surface area (Å²) in [6, 6.07) is 5.27. The molecule has 2 rings (SSSR count). The second kappa shape index (κ2) is 6.98. The lowest BCUT2D eigenvalue weighted by Crippen LogP contribution is -2.44. The van der Waals surface area contributed by atoms with E-state index >= 15 is 0 Å². The molecule has 22 heavy (non-hydrogen) atoms. The zero-order chi connectivity index (χ0) is 16.3. The lowest BCUT2D eigenvalue weighted by molar-refractivity contribution is -0.120. The van der Waals surface area contributed by atoms with Crippen LogP contribution in [0.15, 0.2) is 18.2 Å². The smallest absolute Gasteiger partial charge is 0.228 e. The van der Waals surface area contributed by atoms with Crippen molar-refractivity contribution in [2.75, 3.05) is 24.2 Å². The Kier molecular flexibility index (Phi) is 5.47. The third-order valence-corrected chi connectivity index (χ3v) is 6.04. The summed E-state index contributed by atoms with van der Waals surface area (Å²) in [4.78, 5) is 12.4. The first-order valence-corrected chi connectivity index (χ1v) is 9.37. The molecule has 0 radical (unpaired) electrons. The number of piperidine rings is 1. The van der Waals surface area contributed by atoms with Crippen molar-refractivity contribution in [2.24, 2.45) is 5.92 Å². The minimum atomic E-state index is -3.24. The number of aryl methyl sites for hydroxylation is 1. The largest absolute Gasteiger partial charge is 0.326 e. The molecule has 0 aliphatic carbocycles. The molecule has 0 unspecified atom stereocenters. The fourth-order valence-corrected chi connectivity index (χ4v) is 4.00. The summed E-state index contributed by atoms with van der Waals surface area (Å²) >= 11 is 5.90. The van der Waals surface area contributed by atoms with Crippen LogP contribution in [0.3, 0.4) is 0 Å². The zero-order valence-electron chi connectivity index (χ0n) is 12.8. The molecule has 7 heteroatoms. The van der Waals surface area contributed by atoms with Crippen molar-refractivity contribution in [1.82, 2.24) is 4.31 Å². The number of amides is 1. The molecule has 1 N–H and O–H groups in total. The van der Waals surface area contributed by atoms with E-state index in [4.69, 9.17) is 11.6 Å². The van der Waals surface area contributed by atoms with Gasteiger partial charge in [0.2, 0.25) is 15.9 Å². The number of carbonyl (C=O) groups is 1. The summed E-state index contributed by atoms with van der Waals surface area (Å²) in [7, 11) is -3.24. The summed E-state index contributed by atoms with van der Waals surface area (Å²) in [6.07, 6.45) is 1.41. The van der Waals surface area contributed by atoms with Crippen LogP contribution in [0.5, 0.6) is 0 Å². The molecule has 1 aliphatic heterocycles. The molecule has 0 saturated carbocycles. The number of nitrogens with zero attached hydrogens (tertiary/aromatic N) is 1. The van der Waals surface area contributed by atoms with Crippen LogP contribution < -0.4 is 5.32 Å². The fourth-order valence-electron chi connectivity index (χ4n) is 2.59. The van der Waals surface area contributed by atoms with Crippen molar-refractivity contribution >= 4 is 33.2 Å². The van der Waals surface area contributed by atoms with Crippen LogP contribution in [-0.4, -0.2) is 37.5 Å². The van der Waals surface area contributed by atoms with Crippen LogP contribution in [-0.2, 0) is 14.8 Å². The normalized spacial score (nSPS) is 19.9. The van der Waals surface area contributed by atoms with E-state index in [-0.39, 0.29) is 24.1 Å². The Morgan fingerprint density at radius 1 is 1.45 bits per heavy atom. The number of carbonyl (C=O) groups excluding carboxylic acids is 1. The van der Waals surface area contributed by atoms with Crippen LogP contribution in [0.25, 0.3) is 0 Å². The van der Waals surface area contributed by atoms with E-state index in [1.54, 1.807) is 25.1 Å². The average Bonchev–Trinajstić information content (AvgIpc) is 2.50. The van der Waals surface area contributed by atoms with Gasteiger partial charge in [0.15, 0.2) is 0 Å². The molecule has 1 aliphatic rings. The SMILES string of the molecule is CCS(=O)(=O)N1CCC[C@H](C(=O)Nc2ccc(Cl)cc2C)C1. The zero-order valence-corrected chi connectivity index (χ0v) is 14.4. The predicted octanol–water partition coefficient (Wildman–Crippen LogP) is 2.65. The van der Waals surface area contributed by atoms with Crippen LogP contribution in [0.1, 0.15) is 25.3 Å². The minimum Gasteiger partial charge on any atom is -0.326 e. The van der Waals surface area contributed by atoms with E-state index in [1.165, 1.54) is 4.31 Å². The van der Waals surface area contributed by atoms with Gasteiger partial charge in [-0.2, -0.15) is 0 Å². The summed E-state index contributed by atoms with van der Waals surface area (Å²) in [6.45, 7) is 4.25. The van der Waals surface area contributed by atoms with Crippen LogP contribution >= 0.6 is 11.6 Å². The van der Waals surface area contributed by atoms with Crippen molar-refractivity contribution in [2.45, 2.75) is 26.7 Å². The quantitative estimate of drug-likeness (QED) is 0.913. The van der Waals surface area contributed by atoms with Crippen molar-refractivity contribution < 1.29 is 13.2 Å². The van der Waals surface area contributed by atoms with Crippen LogP contribution in [0.4, 0.5) is 5.69 Å². The summed E-state index contributed by atoms with van der Waals surface area (Å²) in [5.41, 5.74) is 1.60. The molecule has 0 bridgehead atoms. The molecule has 122 valence electrons. The highest BCUT2D eigenvalue weighted by molar-refractivity contribution is 7.89. The minimum absolute atomic E-state index is 0.0671. The maximum Gasteiger partial charge on any atom is 0.228 e. The second-order valence-electron chi connectivity index (χ2n) is 5.55. The van der Waals surface area contributed by atoms with Crippen molar-refractivity contribution in [1.29, 1.82) is 0 Å². The first kappa shape index (κ1) is 17.2. The van der Waals surface area contributed by atoms with Crippen LogP contribution in [0, 0.1) is 12.8 Å². The highest BCUT2D eigenvalue weighted by Crippen LogP contribution is 2.24. The van der Waals surface area contributed by atoms with Crippen molar-refractivity contribution in [3.8, 4) is 0 Å². The molecular weight excluding hydrogens is 324 g/mol. The lowest BCUT2D eigenvalue weighted by atomic mass is 9.98. The maximum atomic E-state index is 12.4. The summed E-state index contributed by atoms with van der Waals surface area (Å²) < 4.78 is 25.3. The Labute approximate surface area is 136 Å². The lowest BCUT2D eigenvalue weighted by Gasteiger charge is -2.31. The van der Waals surface area contributed by atoms with Gasteiger partial charge in [-0.3, -0.25) is 4.79 Å². The Morgan fingerprint density at radius 2 is 2.18 bits per heavy atom. The molecule has 1 amide bonds. The van der Waals surface area contributed by atoms with E-state index in [2.05, 4.69) is 5.32 Å². The summed E-state index contributed by atoms with van der Waals surface area (Å²) in [5.74, 6) is -0.385. The predicted molar refractivity (Wildman–Crippen MR) is 88.6 cm³/mol. The Morgan fingerprint density at radius 3 is 2.82 bits per heavy atom. The number of halogens is 1. The molecule has 0 aromatic heterocycles. The third kappa shape index (κ3) is 4.00. The van der Waals surface area contributed by atoms with Gasteiger partial charge in [0, 0.05) is 23.8 Å². The molecule has 1 fully saturated rings. The Balaban J connectivity index is 2.06. The van der Waals surface area contributed by atoms with Gasteiger partial charge in [-0.15, -0.1) is 0 Å². The molecule has 1 saturated heterocycles. The van der Waals surface area contributed by atoms with Gasteiger partial charge in [0.1, 0.15) is 0 Å². The van der Waals surface area contributed by atoms with Crippen molar-refractivity contribution in [3.05, 3.63) is 28.8 Å². The Hall–Kier alpha value is -1.11. The third-order valence-electron chi connectivity index (χ3n) is 3.96. The van der Waals surface area contributed by atoms with Gasteiger partial charge in [-0.1, -0.05) is 11.6 Å². The van der Waals surface area contributed by atoms with E-state index < -0.39 is 10.0 Å². The number of nitrogens with one attached hydrogen (secondary N) is 1. The monoisotopic (exact) mass is 344 g/mol. The number of hydrogen-bond donors (Lipinski definition) is 1. The molecule has 1 aromatic rings. The second-order valence-corrected chi connectivity index (χ2v) is 8.24. The molecule has 0 spiro atoms. The van der Waals surface area contributed by atoms with Gasteiger partial charge in [0.25, 0.3) is 0 Å². The van der Waals surface area contributed by atoms with E-state index in [0.29, 0.717) is 30.1 Å². The first-order chi connectivity index (χ1) is 10.3. The standard InChI is InChI=1S/C15H21ClN2O3S/c1-3-22(20,21)18-8-4-5-12(10-18)15(19)17-14-7-6-13(16)9-11(14)2/h6-7,9,12H,3-5,8,10H2,1-2H3,(H,17,19)/t12-/m0/s1. The van der Waals surface area contributed by atoms with Gasteiger partial charge < -0.3 is 5.32 Å². The fraction of sp³-hybridized carbons (Fsp3) is 0.533. The first-order valence-electron chi connectivity index (χ1n) is 7.38. The summed E-state index contributed by atoms with van der Waals surface area (Å²) in [5, 5.41) is 3.50. The topological polar surface area (TPSA) is 66.5 Å². The van der Waals surface area contributed by atoms with Gasteiger partial charge in [-0.05, 0) is 50.5 Å². The number of anilines is 1. The number of sulfonamides is 1. The van der Waals surface area contributed by atoms with Gasteiger partial charge >= 0.3 is 0 Å². The van der Waals surface area contributed by atoms with E-state index in [1.807, 2.05) is 6.92 Å². The molecular formula is C15H21ClN2O3S. The molecule has 5 nitrogen and oxygen atoms in total. The number of benzene rings is 1. The average molecular weight is 345 g/mol. The van der Waals surface area contributed by atoms with Gasteiger partial charge in [0.05, 0.1) is 11.7 Å². The highest BCUT2D eigenvalue weighted by Gasteiger charge is 2.31. The van der Waals surface area contributed by atoms with Gasteiger partial charge in [-0.25, -0.2) is 12.7 Å². The van der Waals surface area contributed by atoms with E-state index in [0.717, 1.165) is 5.56 Å². The van der Waals surface area contributed by atoms with Crippen LogP contribution in [0.2, 0.25) is 5.02 Å². The number of rotatable bonds is 4. The molecule has 1 heterocycles. The molecule has 1 aromatic carbocycles.